The maximum Gasteiger partial charge on any atom is 0.230 e. The van der Waals surface area contributed by atoms with Gasteiger partial charge in [0, 0.05) is 23.8 Å². The molecule has 0 atom stereocenters. The summed E-state index contributed by atoms with van der Waals surface area (Å²) >= 11 is 3.35. The molecule has 1 heterocycles. The Labute approximate surface area is 156 Å². The molecule has 0 aliphatic heterocycles. The van der Waals surface area contributed by atoms with Crippen molar-refractivity contribution in [1.29, 1.82) is 0 Å². The van der Waals surface area contributed by atoms with Gasteiger partial charge in [-0.2, -0.15) is 11.8 Å². The van der Waals surface area contributed by atoms with Crippen LogP contribution in [0.2, 0.25) is 0 Å². The summed E-state index contributed by atoms with van der Waals surface area (Å²) in [7, 11) is 0. The molecule has 25 heavy (non-hydrogen) atoms. The zero-order valence-corrected chi connectivity index (χ0v) is 15.9. The summed E-state index contributed by atoms with van der Waals surface area (Å²) in [6.07, 6.45) is 0. The van der Waals surface area contributed by atoms with Crippen molar-refractivity contribution in [2.75, 3.05) is 4.90 Å². The molecule has 0 saturated carbocycles. The van der Waals surface area contributed by atoms with Crippen molar-refractivity contribution in [2.24, 2.45) is 0 Å². The molecule has 1 amide bonds. The first kappa shape index (κ1) is 17.7. The number of rotatable bonds is 6. The molecule has 0 fully saturated rings. The van der Waals surface area contributed by atoms with Gasteiger partial charge in [-0.1, -0.05) is 42.5 Å². The van der Waals surface area contributed by atoms with Gasteiger partial charge in [0.25, 0.3) is 0 Å². The second-order valence-electron chi connectivity index (χ2n) is 5.79. The number of amides is 1. The standard InChI is InChI=1S/C20H20N2OS2/c1-15-7-6-10-19(11-15)22(16(2)23)20-21-18(14-25-20)13-24-12-17-8-4-3-5-9-17/h3-11,14H,12-13H2,1-2H3. The van der Waals surface area contributed by atoms with Crippen molar-refractivity contribution in [3.8, 4) is 0 Å². The molecule has 0 aliphatic carbocycles. The van der Waals surface area contributed by atoms with Gasteiger partial charge >= 0.3 is 0 Å². The number of aryl methyl sites for hydroxylation is 1. The van der Waals surface area contributed by atoms with Gasteiger partial charge in [0.05, 0.1) is 11.4 Å². The molecule has 0 N–H and O–H groups in total. The van der Waals surface area contributed by atoms with Crippen LogP contribution in [0.4, 0.5) is 10.8 Å². The minimum Gasteiger partial charge on any atom is -0.274 e. The van der Waals surface area contributed by atoms with Crippen LogP contribution in [0.5, 0.6) is 0 Å². The summed E-state index contributed by atoms with van der Waals surface area (Å²) in [4.78, 5) is 18.5. The quantitative estimate of drug-likeness (QED) is 0.570. The summed E-state index contributed by atoms with van der Waals surface area (Å²) in [6.45, 7) is 3.60. The monoisotopic (exact) mass is 368 g/mol. The number of aromatic nitrogens is 1. The highest BCUT2D eigenvalue weighted by atomic mass is 32.2. The number of hydrogen-bond acceptors (Lipinski definition) is 4. The van der Waals surface area contributed by atoms with Crippen LogP contribution in [0.25, 0.3) is 0 Å². The molecule has 1 aromatic heterocycles. The fourth-order valence-corrected chi connectivity index (χ4v) is 4.39. The van der Waals surface area contributed by atoms with E-state index in [1.807, 2.05) is 54.4 Å². The van der Waals surface area contributed by atoms with Crippen LogP contribution in [-0.2, 0) is 16.3 Å². The van der Waals surface area contributed by atoms with Crippen LogP contribution in [0.15, 0.2) is 60.0 Å². The lowest BCUT2D eigenvalue weighted by molar-refractivity contribution is -0.115. The number of thioether (sulfide) groups is 1. The van der Waals surface area contributed by atoms with Gasteiger partial charge in [0.15, 0.2) is 5.13 Å². The molecule has 2 aromatic carbocycles. The number of anilines is 2. The fraction of sp³-hybridized carbons (Fsp3) is 0.200. The third-order valence-corrected chi connectivity index (χ3v) is 5.58. The SMILES string of the molecule is CC(=O)N(c1cccc(C)c1)c1nc(CSCc2ccccc2)cs1. The zero-order chi connectivity index (χ0) is 17.6. The highest BCUT2D eigenvalue weighted by Gasteiger charge is 2.18. The minimum atomic E-state index is -0.0246. The fourth-order valence-electron chi connectivity index (χ4n) is 2.51. The minimum absolute atomic E-state index is 0.0246. The molecule has 3 aromatic rings. The Bertz CT molecular complexity index is 846. The largest absolute Gasteiger partial charge is 0.274 e. The number of hydrogen-bond donors (Lipinski definition) is 0. The van der Waals surface area contributed by atoms with Gasteiger partial charge in [-0.3, -0.25) is 9.69 Å². The average Bonchev–Trinajstić information content (AvgIpc) is 3.04. The molecule has 0 saturated heterocycles. The lowest BCUT2D eigenvalue weighted by atomic mass is 10.2. The molecule has 0 aliphatic rings. The summed E-state index contributed by atoms with van der Waals surface area (Å²) in [6, 6.07) is 18.4. The second-order valence-corrected chi connectivity index (χ2v) is 7.62. The molecule has 0 unspecified atom stereocenters. The van der Waals surface area contributed by atoms with Gasteiger partial charge in [-0.15, -0.1) is 11.3 Å². The third kappa shape index (κ3) is 4.71. The smallest absolute Gasteiger partial charge is 0.230 e. The average molecular weight is 369 g/mol. The van der Waals surface area contributed by atoms with Crippen LogP contribution in [0.3, 0.4) is 0 Å². The number of nitrogens with zero attached hydrogens (tertiary/aromatic N) is 2. The van der Waals surface area contributed by atoms with E-state index in [-0.39, 0.29) is 5.91 Å². The Morgan fingerprint density at radius 1 is 1.12 bits per heavy atom. The van der Waals surface area contributed by atoms with E-state index in [1.165, 1.54) is 16.9 Å². The van der Waals surface area contributed by atoms with E-state index in [1.54, 1.807) is 11.8 Å². The summed E-state index contributed by atoms with van der Waals surface area (Å²) in [5.74, 6) is 1.77. The van der Waals surface area contributed by atoms with Gasteiger partial charge in [-0.05, 0) is 30.2 Å². The summed E-state index contributed by atoms with van der Waals surface area (Å²) < 4.78 is 0. The first-order valence-corrected chi connectivity index (χ1v) is 10.1. The number of thiazole rings is 1. The highest BCUT2D eigenvalue weighted by molar-refractivity contribution is 7.97. The van der Waals surface area contributed by atoms with E-state index >= 15 is 0 Å². The second kappa shape index (κ2) is 8.32. The van der Waals surface area contributed by atoms with E-state index in [0.29, 0.717) is 0 Å². The summed E-state index contributed by atoms with van der Waals surface area (Å²) in [5.41, 5.74) is 4.32. The van der Waals surface area contributed by atoms with Gasteiger partial charge in [0.2, 0.25) is 5.91 Å². The van der Waals surface area contributed by atoms with Crippen molar-refractivity contribution in [1.82, 2.24) is 4.98 Å². The predicted octanol–water partition coefficient (Wildman–Crippen LogP) is 5.57. The molecular weight excluding hydrogens is 348 g/mol. The molecular formula is C20H20N2OS2. The normalized spacial score (nSPS) is 10.6. The summed E-state index contributed by atoms with van der Waals surface area (Å²) in [5, 5.41) is 2.77. The van der Waals surface area contributed by atoms with Crippen LogP contribution >= 0.6 is 23.1 Å². The number of carbonyl (C=O) groups excluding carboxylic acids is 1. The molecule has 3 rings (SSSR count). The van der Waals surface area contributed by atoms with Crippen molar-refractivity contribution in [3.05, 3.63) is 76.8 Å². The van der Waals surface area contributed by atoms with Gasteiger partial charge in [-0.25, -0.2) is 4.98 Å². The molecule has 5 heteroatoms. The van der Waals surface area contributed by atoms with Crippen LogP contribution in [0, 0.1) is 6.92 Å². The van der Waals surface area contributed by atoms with E-state index in [9.17, 15) is 4.79 Å². The first-order valence-electron chi connectivity index (χ1n) is 8.07. The van der Waals surface area contributed by atoms with Crippen molar-refractivity contribution < 1.29 is 4.79 Å². The van der Waals surface area contributed by atoms with Crippen molar-refractivity contribution in [2.45, 2.75) is 25.4 Å². The van der Waals surface area contributed by atoms with Gasteiger partial charge in [0.1, 0.15) is 0 Å². The van der Waals surface area contributed by atoms with Crippen molar-refractivity contribution >= 4 is 39.8 Å². The molecule has 0 spiro atoms. The maximum atomic E-state index is 12.2. The van der Waals surface area contributed by atoms with E-state index in [2.05, 4.69) is 29.2 Å². The highest BCUT2D eigenvalue weighted by Crippen LogP contribution is 2.30. The lowest BCUT2D eigenvalue weighted by Gasteiger charge is -2.18. The molecule has 128 valence electrons. The van der Waals surface area contributed by atoms with Crippen LogP contribution < -0.4 is 4.90 Å². The lowest BCUT2D eigenvalue weighted by Crippen LogP contribution is -2.22. The maximum absolute atomic E-state index is 12.2. The van der Waals surface area contributed by atoms with Crippen molar-refractivity contribution in [3.63, 3.8) is 0 Å². The topological polar surface area (TPSA) is 33.2 Å². The predicted molar refractivity (Wildman–Crippen MR) is 108 cm³/mol. The first-order chi connectivity index (χ1) is 12.1. The van der Waals surface area contributed by atoms with E-state index in [4.69, 9.17) is 0 Å². The Morgan fingerprint density at radius 2 is 1.92 bits per heavy atom. The Kier molecular flexibility index (Phi) is 5.89. The third-order valence-electron chi connectivity index (χ3n) is 3.67. The van der Waals surface area contributed by atoms with Crippen LogP contribution in [-0.4, -0.2) is 10.9 Å². The molecule has 0 radical (unpaired) electrons. The number of benzene rings is 2. The van der Waals surface area contributed by atoms with E-state index in [0.717, 1.165) is 33.6 Å². The Hall–Kier alpha value is -2.11. The number of carbonyl (C=O) groups is 1. The molecule has 0 bridgehead atoms. The van der Waals surface area contributed by atoms with E-state index < -0.39 is 0 Å². The zero-order valence-electron chi connectivity index (χ0n) is 14.3. The van der Waals surface area contributed by atoms with Gasteiger partial charge < -0.3 is 0 Å². The Balaban J connectivity index is 1.69. The molecule has 3 nitrogen and oxygen atoms in total. The Morgan fingerprint density at radius 3 is 2.64 bits per heavy atom. The van der Waals surface area contributed by atoms with Crippen LogP contribution in [0.1, 0.15) is 23.7 Å².